The van der Waals surface area contributed by atoms with Gasteiger partial charge < -0.3 is 29.9 Å². The van der Waals surface area contributed by atoms with Crippen LogP contribution >= 0.6 is 0 Å². The van der Waals surface area contributed by atoms with Crippen LogP contribution in [0.2, 0.25) is 0 Å². The second-order valence-electron chi connectivity index (χ2n) is 9.53. The van der Waals surface area contributed by atoms with Gasteiger partial charge in [-0.25, -0.2) is 4.79 Å². The zero-order valence-corrected chi connectivity index (χ0v) is 20.2. The maximum absolute atomic E-state index is 12.1. The molecule has 2 aliphatic rings. The van der Waals surface area contributed by atoms with Gasteiger partial charge in [0, 0.05) is 0 Å². The van der Waals surface area contributed by atoms with Gasteiger partial charge >= 0.3 is 5.97 Å². The quantitative estimate of drug-likeness (QED) is 0.340. The maximum Gasteiger partial charge on any atom is 0.338 e. The minimum atomic E-state index is -1.78. The third-order valence-corrected chi connectivity index (χ3v) is 6.23. The number of aliphatic hydroxyl groups is 4. The van der Waals surface area contributed by atoms with Crippen LogP contribution in [0, 0.1) is 5.41 Å². The fraction of sp³-hybridized carbons (Fsp3) is 0.577. The molecular formula is C26H38O7. The Morgan fingerprint density at radius 2 is 1.79 bits per heavy atom. The fourth-order valence-corrected chi connectivity index (χ4v) is 4.09. The van der Waals surface area contributed by atoms with Crippen LogP contribution in [0.25, 0.3) is 0 Å². The van der Waals surface area contributed by atoms with Crippen LogP contribution in [0.1, 0.15) is 53.9 Å². The third kappa shape index (κ3) is 7.48. The highest BCUT2D eigenvalue weighted by Crippen LogP contribution is 2.40. The summed E-state index contributed by atoms with van der Waals surface area (Å²) >= 11 is 0. The van der Waals surface area contributed by atoms with E-state index in [1.807, 2.05) is 32.1 Å². The summed E-state index contributed by atoms with van der Waals surface area (Å²) < 4.78 is 9.89. The zero-order chi connectivity index (χ0) is 24.8. The van der Waals surface area contributed by atoms with Gasteiger partial charge in [-0.2, -0.15) is 0 Å². The normalized spacial score (nSPS) is 31.5. The molecule has 2 rings (SSSR count). The first-order valence-corrected chi connectivity index (χ1v) is 11.4. The molecule has 0 aromatic rings. The lowest BCUT2D eigenvalue weighted by Gasteiger charge is -2.36. The fourth-order valence-electron chi connectivity index (χ4n) is 4.09. The highest BCUT2D eigenvalue weighted by atomic mass is 16.7. The molecule has 5 atom stereocenters. The zero-order valence-electron chi connectivity index (χ0n) is 20.2. The van der Waals surface area contributed by atoms with Crippen LogP contribution in [0.15, 0.2) is 58.7 Å². The topological polar surface area (TPSA) is 116 Å². The summed E-state index contributed by atoms with van der Waals surface area (Å²) in [6, 6.07) is 0. The predicted molar refractivity (Wildman–Crippen MR) is 126 cm³/mol. The molecule has 4 N–H and O–H groups in total. The molecule has 0 aromatic heterocycles. The summed E-state index contributed by atoms with van der Waals surface area (Å²) in [6.07, 6.45) is 7.01. The molecule has 33 heavy (non-hydrogen) atoms. The van der Waals surface area contributed by atoms with E-state index >= 15 is 0 Å². The SMILES string of the molecule is CC1=C(/C=C/C(C)=C/C=C/C(C)=C/COC(=O)[C@H]2O[C@@H](O)[C@H](O)[C@@H](O)[C@@H]2O)C(C)(C)CCC1. The van der Waals surface area contributed by atoms with Gasteiger partial charge in [-0.15, -0.1) is 0 Å². The monoisotopic (exact) mass is 462 g/mol. The number of allylic oxidation sites excluding steroid dienone is 9. The molecule has 1 aliphatic heterocycles. The molecule has 7 nitrogen and oxygen atoms in total. The van der Waals surface area contributed by atoms with E-state index in [0.29, 0.717) is 0 Å². The summed E-state index contributed by atoms with van der Waals surface area (Å²) in [6.45, 7) is 10.6. The van der Waals surface area contributed by atoms with Crippen LogP contribution in [-0.2, 0) is 14.3 Å². The summed E-state index contributed by atoms with van der Waals surface area (Å²) in [5.74, 6) is -0.934. The Morgan fingerprint density at radius 3 is 2.45 bits per heavy atom. The van der Waals surface area contributed by atoms with Crippen molar-refractivity contribution in [1.29, 1.82) is 0 Å². The van der Waals surface area contributed by atoms with E-state index in [1.54, 1.807) is 6.08 Å². The van der Waals surface area contributed by atoms with Crippen molar-refractivity contribution in [3.8, 4) is 0 Å². The van der Waals surface area contributed by atoms with E-state index in [9.17, 15) is 25.2 Å². The Labute approximate surface area is 196 Å². The molecule has 0 unspecified atom stereocenters. The van der Waals surface area contributed by atoms with Crippen molar-refractivity contribution in [2.45, 2.75) is 84.6 Å². The smallest absolute Gasteiger partial charge is 0.338 e. The van der Waals surface area contributed by atoms with E-state index in [-0.39, 0.29) is 12.0 Å². The first-order chi connectivity index (χ1) is 15.4. The number of carbonyl (C=O) groups excluding carboxylic acids is 1. The molecule has 7 heteroatoms. The van der Waals surface area contributed by atoms with Gasteiger partial charge in [-0.1, -0.05) is 60.9 Å². The molecule has 0 saturated carbocycles. The number of hydrogen-bond donors (Lipinski definition) is 4. The Kier molecular flexibility index (Phi) is 9.82. The van der Waals surface area contributed by atoms with Gasteiger partial charge in [-0.05, 0) is 57.1 Å². The van der Waals surface area contributed by atoms with Crippen LogP contribution < -0.4 is 0 Å². The molecule has 0 spiro atoms. The number of carbonyl (C=O) groups is 1. The Hall–Kier alpha value is -2.03. The number of esters is 1. The molecule has 1 heterocycles. The van der Waals surface area contributed by atoms with Crippen LogP contribution in [0.4, 0.5) is 0 Å². The summed E-state index contributed by atoms with van der Waals surface area (Å²) in [7, 11) is 0. The van der Waals surface area contributed by atoms with Gasteiger partial charge in [0.1, 0.15) is 24.9 Å². The first-order valence-electron chi connectivity index (χ1n) is 11.4. The highest BCUT2D eigenvalue weighted by molar-refractivity contribution is 5.76. The average molecular weight is 463 g/mol. The Bertz CT molecular complexity index is 847. The second-order valence-corrected chi connectivity index (χ2v) is 9.53. The number of rotatable bonds is 7. The van der Waals surface area contributed by atoms with Crippen molar-refractivity contribution in [2.24, 2.45) is 5.41 Å². The predicted octanol–water partition coefficient (Wildman–Crippen LogP) is 2.86. The lowest BCUT2D eigenvalue weighted by Crippen LogP contribution is -2.59. The summed E-state index contributed by atoms with van der Waals surface area (Å²) in [5.41, 5.74) is 5.08. The molecule has 1 fully saturated rings. The van der Waals surface area contributed by atoms with Gasteiger partial charge in [-0.3, -0.25) is 0 Å². The first kappa shape index (κ1) is 27.2. The van der Waals surface area contributed by atoms with Crippen molar-refractivity contribution in [3.63, 3.8) is 0 Å². The van der Waals surface area contributed by atoms with Crippen molar-refractivity contribution >= 4 is 5.97 Å². The van der Waals surface area contributed by atoms with Gasteiger partial charge in [0.05, 0.1) is 0 Å². The number of aliphatic hydroxyl groups excluding tert-OH is 4. The van der Waals surface area contributed by atoms with Gasteiger partial charge in [0.25, 0.3) is 0 Å². The molecule has 1 saturated heterocycles. The minimum absolute atomic E-state index is 0.0680. The van der Waals surface area contributed by atoms with E-state index < -0.39 is 36.7 Å². The summed E-state index contributed by atoms with van der Waals surface area (Å²) in [4.78, 5) is 12.1. The summed E-state index contributed by atoms with van der Waals surface area (Å²) in [5, 5.41) is 38.5. The second kappa shape index (κ2) is 11.9. The number of hydrogen-bond acceptors (Lipinski definition) is 7. The van der Waals surface area contributed by atoms with E-state index in [1.165, 1.54) is 24.0 Å². The van der Waals surface area contributed by atoms with Crippen LogP contribution in [-0.4, -0.2) is 63.7 Å². The van der Waals surface area contributed by atoms with E-state index in [2.05, 4.69) is 32.9 Å². The lowest BCUT2D eigenvalue weighted by molar-refractivity contribution is -0.280. The van der Waals surface area contributed by atoms with Crippen LogP contribution in [0.5, 0.6) is 0 Å². The molecular weight excluding hydrogens is 424 g/mol. The van der Waals surface area contributed by atoms with Gasteiger partial charge in [0.15, 0.2) is 12.4 Å². The van der Waals surface area contributed by atoms with E-state index in [0.717, 1.165) is 17.6 Å². The largest absolute Gasteiger partial charge is 0.459 e. The molecule has 0 radical (unpaired) electrons. The Morgan fingerprint density at radius 1 is 1.09 bits per heavy atom. The number of ether oxygens (including phenoxy) is 2. The average Bonchev–Trinajstić information content (AvgIpc) is 2.73. The van der Waals surface area contributed by atoms with E-state index in [4.69, 9.17) is 9.47 Å². The van der Waals surface area contributed by atoms with Crippen molar-refractivity contribution in [2.75, 3.05) is 6.61 Å². The molecule has 0 aromatic carbocycles. The molecule has 184 valence electrons. The maximum atomic E-state index is 12.1. The van der Waals surface area contributed by atoms with Crippen molar-refractivity contribution in [1.82, 2.24) is 0 Å². The minimum Gasteiger partial charge on any atom is -0.459 e. The van der Waals surface area contributed by atoms with Gasteiger partial charge in [0.2, 0.25) is 0 Å². The molecule has 0 amide bonds. The Balaban J connectivity index is 1.87. The standard InChI is InChI=1S/C26H38O7/c1-16(11-12-19-18(3)10-7-14-26(19,4)5)8-6-9-17(2)13-15-32-25(31)23-21(28)20(27)22(29)24(30)33-23/h6,8-9,11-13,20-24,27-30H,7,10,14-15H2,1-5H3/b9-6+,12-11+,16-8+,17-13+/t20-,21-,22+,23-,24+/m0/s1. The third-order valence-electron chi connectivity index (χ3n) is 6.23. The highest BCUT2D eigenvalue weighted by Gasteiger charge is 2.46. The van der Waals surface area contributed by atoms with Crippen LogP contribution in [0.3, 0.4) is 0 Å². The molecule has 0 bridgehead atoms. The lowest BCUT2D eigenvalue weighted by atomic mass is 9.72. The van der Waals surface area contributed by atoms with Crippen molar-refractivity contribution in [3.05, 3.63) is 58.7 Å². The van der Waals surface area contributed by atoms with Crippen molar-refractivity contribution < 1.29 is 34.7 Å². The molecule has 1 aliphatic carbocycles.